The minimum atomic E-state index is -0.130. The number of benzene rings is 1. The van der Waals surface area contributed by atoms with Crippen LogP contribution in [0.3, 0.4) is 0 Å². The Bertz CT molecular complexity index is 694. The van der Waals surface area contributed by atoms with Crippen molar-refractivity contribution in [1.82, 2.24) is 15.1 Å². The van der Waals surface area contributed by atoms with E-state index in [1.165, 1.54) is 18.4 Å². The topological polar surface area (TPSA) is 71.1 Å². The summed E-state index contributed by atoms with van der Waals surface area (Å²) < 4.78 is 10.8. The second-order valence-electron chi connectivity index (χ2n) is 7.57. The molecule has 1 saturated carbocycles. The van der Waals surface area contributed by atoms with Crippen molar-refractivity contribution in [3.05, 3.63) is 23.8 Å². The molecule has 1 saturated heterocycles. The van der Waals surface area contributed by atoms with Crippen molar-refractivity contribution < 1.29 is 19.1 Å². The lowest BCUT2D eigenvalue weighted by atomic mass is 10.1. The van der Waals surface area contributed by atoms with Crippen LogP contribution in [-0.2, 0) is 16.1 Å². The summed E-state index contributed by atoms with van der Waals surface area (Å²) in [5.74, 6) is 1.41. The highest BCUT2D eigenvalue weighted by Gasteiger charge is 2.25. The number of nitrogens with one attached hydrogen (secondary N) is 1. The molecule has 146 valence electrons. The number of rotatable bonds is 5. The van der Waals surface area contributed by atoms with Gasteiger partial charge in [-0.15, -0.1) is 0 Å². The van der Waals surface area contributed by atoms with Gasteiger partial charge in [0.15, 0.2) is 11.5 Å². The third-order valence-corrected chi connectivity index (χ3v) is 5.60. The standard InChI is InChI=1S/C20H27N3O4/c24-19(21-16-3-1-2-4-16)12-20(25)23-9-7-22(8-10-23)13-15-5-6-17-18(11-15)27-14-26-17/h5-6,11,16H,1-4,7-10,12-14H2,(H,21,24). The summed E-state index contributed by atoms with van der Waals surface area (Å²) in [7, 11) is 0. The number of carbonyl (C=O) groups excluding carboxylic acids is 2. The van der Waals surface area contributed by atoms with Gasteiger partial charge in [0, 0.05) is 38.8 Å². The molecule has 2 heterocycles. The highest BCUT2D eigenvalue weighted by atomic mass is 16.7. The maximum absolute atomic E-state index is 12.4. The summed E-state index contributed by atoms with van der Waals surface area (Å²) >= 11 is 0. The molecule has 0 bridgehead atoms. The van der Waals surface area contributed by atoms with E-state index in [1.54, 1.807) is 0 Å². The fourth-order valence-corrected chi connectivity index (χ4v) is 4.05. The molecule has 2 amide bonds. The van der Waals surface area contributed by atoms with Gasteiger partial charge in [-0.25, -0.2) is 0 Å². The number of hydrogen-bond donors (Lipinski definition) is 1. The van der Waals surface area contributed by atoms with Gasteiger partial charge in [-0.05, 0) is 30.5 Å². The van der Waals surface area contributed by atoms with Gasteiger partial charge in [0.05, 0.1) is 0 Å². The zero-order valence-electron chi connectivity index (χ0n) is 15.6. The van der Waals surface area contributed by atoms with E-state index >= 15 is 0 Å². The summed E-state index contributed by atoms with van der Waals surface area (Å²) in [4.78, 5) is 28.6. The summed E-state index contributed by atoms with van der Waals surface area (Å²) in [5, 5.41) is 2.99. The molecule has 1 aromatic carbocycles. The van der Waals surface area contributed by atoms with Crippen molar-refractivity contribution in [3.63, 3.8) is 0 Å². The average Bonchev–Trinajstić information content (AvgIpc) is 3.33. The SMILES string of the molecule is O=C(CC(=O)N1CCN(Cc2ccc3c(c2)OCO3)CC1)NC1CCCC1. The van der Waals surface area contributed by atoms with Gasteiger partial charge in [-0.3, -0.25) is 14.5 Å². The summed E-state index contributed by atoms with van der Waals surface area (Å²) in [6.45, 7) is 4.06. The predicted molar refractivity (Wildman–Crippen MR) is 99.4 cm³/mol. The van der Waals surface area contributed by atoms with E-state index in [9.17, 15) is 9.59 Å². The molecule has 3 aliphatic rings. The molecule has 27 heavy (non-hydrogen) atoms. The Morgan fingerprint density at radius 2 is 1.78 bits per heavy atom. The van der Waals surface area contributed by atoms with Crippen molar-refractivity contribution in [2.45, 2.75) is 44.7 Å². The third kappa shape index (κ3) is 4.53. The highest BCUT2D eigenvalue weighted by Crippen LogP contribution is 2.32. The molecule has 1 N–H and O–H groups in total. The molecule has 0 radical (unpaired) electrons. The van der Waals surface area contributed by atoms with E-state index in [0.717, 1.165) is 44.0 Å². The Hall–Kier alpha value is -2.28. The van der Waals surface area contributed by atoms with Crippen LogP contribution in [0.4, 0.5) is 0 Å². The zero-order chi connectivity index (χ0) is 18.6. The van der Waals surface area contributed by atoms with Crippen molar-refractivity contribution in [2.75, 3.05) is 33.0 Å². The van der Waals surface area contributed by atoms with Crippen LogP contribution in [0.5, 0.6) is 11.5 Å². The number of ether oxygens (including phenoxy) is 2. The van der Waals surface area contributed by atoms with Gasteiger partial charge in [-0.2, -0.15) is 0 Å². The minimum absolute atomic E-state index is 0.0291. The van der Waals surface area contributed by atoms with Crippen molar-refractivity contribution in [1.29, 1.82) is 0 Å². The predicted octanol–water partition coefficient (Wildman–Crippen LogP) is 1.51. The fourth-order valence-electron chi connectivity index (χ4n) is 4.05. The number of hydrogen-bond acceptors (Lipinski definition) is 5. The molecule has 0 aromatic heterocycles. The summed E-state index contributed by atoms with van der Waals surface area (Å²) in [6.07, 6.45) is 4.39. The third-order valence-electron chi connectivity index (χ3n) is 5.60. The van der Waals surface area contributed by atoms with E-state index in [4.69, 9.17) is 9.47 Å². The van der Waals surface area contributed by atoms with Crippen LogP contribution in [0.25, 0.3) is 0 Å². The quantitative estimate of drug-likeness (QED) is 0.792. The maximum Gasteiger partial charge on any atom is 0.232 e. The lowest BCUT2D eigenvalue weighted by molar-refractivity contribution is -0.137. The average molecular weight is 373 g/mol. The number of carbonyl (C=O) groups is 2. The second-order valence-corrected chi connectivity index (χ2v) is 7.57. The van der Waals surface area contributed by atoms with Crippen LogP contribution in [0.1, 0.15) is 37.7 Å². The van der Waals surface area contributed by atoms with Crippen LogP contribution in [0, 0.1) is 0 Å². The van der Waals surface area contributed by atoms with Crippen LogP contribution in [0.15, 0.2) is 18.2 Å². The Balaban J connectivity index is 1.21. The van der Waals surface area contributed by atoms with E-state index in [0.29, 0.717) is 13.1 Å². The molecular formula is C20H27N3O4. The first-order valence-electron chi connectivity index (χ1n) is 9.85. The Labute approximate surface area is 159 Å². The number of fused-ring (bicyclic) bond motifs is 1. The van der Waals surface area contributed by atoms with Gasteiger partial charge in [0.2, 0.25) is 18.6 Å². The Kier molecular flexibility index (Phi) is 5.48. The molecule has 0 atom stereocenters. The van der Waals surface area contributed by atoms with E-state index in [-0.39, 0.29) is 31.1 Å². The van der Waals surface area contributed by atoms with Crippen LogP contribution in [0.2, 0.25) is 0 Å². The number of piperazine rings is 1. The van der Waals surface area contributed by atoms with Crippen molar-refractivity contribution in [2.24, 2.45) is 0 Å². The van der Waals surface area contributed by atoms with Gasteiger partial charge in [-0.1, -0.05) is 18.9 Å². The van der Waals surface area contributed by atoms with Crippen LogP contribution < -0.4 is 14.8 Å². The Morgan fingerprint density at radius 1 is 1.04 bits per heavy atom. The van der Waals surface area contributed by atoms with Gasteiger partial charge < -0.3 is 19.7 Å². The molecule has 1 aromatic rings. The van der Waals surface area contributed by atoms with Crippen molar-refractivity contribution >= 4 is 11.8 Å². The molecule has 2 fully saturated rings. The van der Waals surface area contributed by atoms with Crippen LogP contribution in [-0.4, -0.2) is 60.6 Å². The smallest absolute Gasteiger partial charge is 0.232 e. The van der Waals surface area contributed by atoms with Gasteiger partial charge in [0.25, 0.3) is 0 Å². The molecule has 0 spiro atoms. The molecule has 0 unspecified atom stereocenters. The second kappa shape index (κ2) is 8.17. The summed E-state index contributed by atoms with van der Waals surface area (Å²) in [6, 6.07) is 6.29. The molecule has 4 rings (SSSR count). The van der Waals surface area contributed by atoms with E-state index < -0.39 is 0 Å². The molecule has 7 heteroatoms. The molecule has 1 aliphatic carbocycles. The fraction of sp³-hybridized carbons (Fsp3) is 0.600. The normalized spacial score (nSPS) is 20.1. The monoisotopic (exact) mass is 373 g/mol. The largest absolute Gasteiger partial charge is 0.454 e. The zero-order valence-corrected chi connectivity index (χ0v) is 15.6. The minimum Gasteiger partial charge on any atom is -0.454 e. The Morgan fingerprint density at radius 3 is 2.56 bits per heavy atom. The molecule has 7 nitrogen and oxygen atoms in total. The first-order valence-corrected chi connectivity index (χ1v) is 9.85. The number of amides is 2. The lowest BCUT2D eigenvalue weighted by Gasteiger charge is -2.34. The summed E-state index contributed by atoms with van der Waals surface area (Å²) in [5.41, 5.74) is 1.18. The lowest BCUT2D eigenvalue weighted by Crippen LogP contribution is -2.49. The first-order chi connectivity index (χ1) is 13.2. The van der Waals surface area contributed by atoms with Crippen LogP contribution >= 0.6 is 0 Å². The molecular weight excluding hydrogens is 346 g/mol. The number of nitrogens with zero attached hydrogens (tertiary/aromatic N) is 2. The first kappa shape index (κ1) is 18.1. The molecule has 2 aliphatic heterocycles. The van der Waals surface area contributed by atoms with E-state index in [2.05, 4.69) is 16.3 Å². The van der Waals surface area contributed by atoms with Crippen molar-refractivity contribution in [3.8, 4) is 11.5 Å². The van der Waals surface area contributed by atoms with Gasteiger partial charge in [0.1, 0.15) is 6.42 Å². The highest BCUT2D eigenvalue weighted by molar-refractivity contribution is 5.97. The maximum atomic E-state index is 12.4. The van der Waals surface area contributed by atoms with Gasteiger partial charge >= 0.3 is 0 Å². The van der Waals surface area contributed by atoms with E-state index in [1.807, 2.05) is 17.0 Å².